The van der Waals surface area contributed by atoms with Gasteiger partial charge in [-0.05, 0) is 13.3 Å². The largest absolute Gasteiger partial charge is 0.391 e. The average molecular weight is 436 g/mol. The van der Waals surface area contributed by atoms with E-state index in [1.807, 2.05) is 0 Å². The summed E-state index contributed by atoms with van der Waals surface area (Å²) in [7, 11) is 0. The molecule has 1 saturated carbocycles. The molecule has 2 heterocycles. The fourth-order valence-electron chi connectivity index (χ4n) is 5.28. The summed E-state index contributed by atoms with van der Waals surface area (Å²) in [4.78, 5) is 0. The first-order chi connectivity index (χ1) is 14.0. The minimum Gasteiger partial charge on any atom is -0.391 e. The van der Waals surface area contributed by atoms with Gasteiger partial charge in [0.25, 0.3) is 0 Å². The molecule has 2 aliphatic heterocycles. The molecule has 176 valence electrons. The van der Waals surface area contributed by atoms with Crippen molar-refractivity contribution < 1.29 is 35.0 Å². The number of hydrogen-bond donors (Lipinski definition) is 10. The molecule has 15 atom stereocenters. The average Bonchev–Trinajstić information content (AvgIpc) is 2.71. The van der Waals surface area contributed by atoms with Crippen LogP contribution in [0.3, 0.4) is 0 Å². The molecule has 0 unspecified atom stereocenters. The van der Waals surface area contributed by atoms with Gasteiger partial charge in [0.15, 0.2) is 0 Å². The SMILES string of the molecule is C[C@H]1O[C@@H]([C@@H]2[C@@H](O)[C@H](N)C[C@H](N)[C@H]2[C@H]2O[C@H](CN)[C@@H](O)[C@H](O)[C@H]2N)[C@H](O)[C@@H](O)[C@@H]1N. The zero-order chi connectivity index (χ0) is 22.5. The lowest BCUT2D eigenvalue weighted by molar-refractivity contribution is -0.243. The fraction of sp³-hybridized carbons (Fsp3) is 1.00. The van der Waals surface area contributed by atoms with E-state index in [1.54, 1.807) is 6.92 Å². The van der Waals surface area contributed by atoms with Gasteiger partial charge in [-0.1, -0.05) is 0 Å². The predicted octanol–water partition coefficient (Wildman–Crippen LogP) is -5.75. The Morgan fingerprint density at radius 1 is 0.700 bits per heavy atom. The van der Waals surface area contributed by atoms with Gasteiger partial charge in [-0.3, -0.25) is 0 Å². The quantitative estimate of drug-likeness (QED) is 0.199. The predicted molar refractivity (Wildman–Crippen MR) is 106 cm³/mol. The van der Waals surface area contributed by atoms with Crippen molar-refractivity contribution >= 4 is 0 Å². The van der Waals surface area contributed by atoms with E-state index in [0.29, 0.717) is 0 Å². The topological polar surface area (TPSA) is 250 Å². The third-order valence-electron chi connectivity index (χ3n) is 7.14. The molecule has 0 amide bonds. The highest BCUT2D eigenvalue weighted by molar-refractivity contribution is 5.10. The molecule has 0 spiro atoms. The number of aliphatic hydroxyl groups is 5. The van der Waals surface area contributed by atoms with Gasteiger partial charge >= 0.3 is 0 Å². The molecule has 30 heavy (non-hydrogen) atoms. The van der Waals surface area contributed by atoms with Crippen LogP contribution >= 0.6 is 0 Å². The van der Waals surface area contributed by atoms with E-state index < -0.39 is 90.9 Å². The van der Waals surface area contributed by atoms with Crippen LogP contribution < -0.4 is 28.7 Å². The first-order valence-corrected chi connectivity index (χ1v) is 10.4. The van der Waals surface area contributed by atoms with E-state index in [9.17, 15) is 25.5 Å². The third-order valence-corrected chi connectivity index (χ3v) is 7.14. The van der Waals surface area contributed by atoms with E-state index in [0.717, 1.165) is 0 Å². The molecule has 0 radical (unpaired) electrons. The van der Waals surface area contributed by atoms with Crippen molar-refractivity contribution in [3.63, 3.8) is 0 Å². The highest BCUT2D eigenvalue weighted by Crippen LogP contribution is 2.42. The maximum Gasteiger partial charge on any atom is 0.109 e. The van der Waals surface area contributed by atoms with Gasteiger partial charge in [-0.25, -0.2) is 0 Å². The Morgan fingerprint density at radius 3 is 1.90 bits per heavy atom. The van der Waals surface area contributed by atoms with Crippen LogP contribution in [0.25, 0.3) is 0 Å². The molecular weight excluding hydrogens is 398 g/mol. The van der Waals surface area contributed by atoms with Crippen molar-refractivity contribution in [2.75, 3.05) is 6.54 Å². The maximum absolute atomic E-state index is 11.0. The number of ether oxygens (including phenoxy) is 2. The van der Waals surface area contributed by atoms with Crippen LogP contribution in [-0.4, -0.2) is 111 Å². The van der Waals surface area contributed by atoms with Crippen LogP contribution in [0.5, 0.6) is 0 Å². The summed E-state index contributed by atoms with van der Waals surface area (Å²) >= 11 is 0. The summed E-state index contributed by atoms with van der Waals surface area (Å²) in [5.41, 5.74) is 30.3. The van der Waals surface area contributed by atoms with Gasteiger partial charge in [-0.15, -0.1) is 0 Å². The molecule has 3 fully saturated rings. The second-order valence-corrected chi connectivity index (χ2v) is 9.01. The zero-order valence-electron chi connectivity index (χ0n) is 17.0. The molecule has 0 aromatic rings. The summed E-state index contributed by atoms with van der Waals surface area (Å²) in [6.45, 7) is 1.59. The van der Waals surface area contributed by atoms with E-state index in [2.05, 4.69) is 0 Å². The van der Waals surface area contributed by atoms with Gasteiger partial charge in [-0.2, -0.15) is 0 Å². The number of rotatable bonds is 3. The number of aliphatic hydroxyl groups excluding tert-OH is 5. The normalized spacial score (nSPS) is 57.9. The van der Waals surface area contributed by atoms with E-state index in [1.165, 1.54) is 0 Å². The van der Waals surface area contributed by atoms with Crippen molar-refractivity contribution in [2.45, 2.75) is 92.4 Å². The Balaban J connectivity index is 1.98. The Bertz CT molecular complexity index is 589. The second-order valence-electron chi connectivity index (χ2n) is 9.01. The first kappa shape index (κ1) is 24.2. The summed E-state index contributed by atoms with van der Waals surface area (Å²) in [6.07, 6.45) is -9.66. The number of nitrogens with two attached hydrogens (primary N) is 5. The van der Waals surface area contributed by atoms with Crippen molar-refractivity contribution in [3.05, 3.63) is 0 Å². The van der Waals surface area contributed by atoms with Gasteiger partial charge in [0, 0.05) is 30.5 Å². The standard InChI is InChI=1S/C18H37N5O7/c1-4-10(22)14(26)16(28)18(29-4)9-8(5(20)2-6(21)12(9)24)17-11(23)15(27)13(25)7(3-19)30-17/h4-18,24-28H,2-3,19-23H2,1H3/t4-,5+,6-,7-,8-,9+,10-,11-,12+,13-,14+,15-,16-,17-,18+/m1/s1. The van der Waals surface area contributed by atoms with Crippen LogP contribution in [0.4, 0.5) is 0 Å². The summed E-state index contributed by atoms with van der Waals surface area (Å²) < 4.78 is 11.8. The monoisotopic (exact) mass is 435 g/mol. The van der Waals surface area contributed by atoms with E-state index in [-0.39, 0.29) is 13.0 Å². The minimum atomic E-state index is -1.41. The molecule has 2 saturated heterocycles. The van der Waals surface area contributed by atoms with E-state index >= 15 is 0 Å². The molecule has 12 heteroatoms. The first-order valence-electron chi connectivity index (χ1n) is 10.4. The summed E-state index contributed by atoms with van der Waals surface area (Å²) in [5, 5.41) is 52.7. The molecule has 3 rings (SSSR count). The Hall–Kier alpha value is -0.480. The Labute approximate surface area is 175 Å². The van der Waals surface area contributed by atoms with Gasteiger partial charge in [0.1, 0.15) is 18.3 Å². The molecule has 3 aliphatic rings. The highest BCUT2D eigenvalue weighted by Gasteiger charge is 2.57. The molecule has 0 bridgehead atoms. The maximum atomic E-state index is 11.0. The van der Waals surface area contributed by atoms with E-state index in [4.69, 9.17) is 38.1 Å². The zero-order valence-corrected chi connectivity index (χ0v) is 17.0. The second kappa shape index (κ2) is 9.17. The minimum absolute atomic E-state index is 0.0662. The Morgan fingerprint density at radius 2 is 1.30 bits per heavy atom. The van der Waals surface area contributed by atoms with Crippen LogP contribution in [0, 0.1) is 11.8 Å². The third kappa shape index (κ3) is 4.00. The van der Waals surface area contributed by atoms with Crippen LogP contribution in [0.1, 0.15) is 13.3 Å². The van der Waals surface area contributed by atoms with Crippen LogP contribution in [0.15, 0.2) is 0 Å². The van der Waals surface area contributed by atoms with Crippen molar-refractivity contribution in [3.8, 4) is 0 Å². The lowest BCUT2D eigenvalue weighted by Crippen LogP contribution is -2.72. The molecular formula is C18H37N5O7. The summed E-state index contributed by atoms with van der Waals surface area (Å²) in [6, 6.07) is -3.18. The molecule has 12 nitrogen and oxygen atoms in total. The molecule has 1 aliphatic carbocycles. The van der Waals surface area contributed by atoms with Gasteiger partial charge in [0.2, 0.25) is 0 Å². The lowest BCUT2D eigenvalue weighted by Gasteiger charge is -2.55. The summed E-state index contributed by atoms with van der Waals surface area (Å²) in [5.74, 6) is -1.58. The van der Waals surface area contributed by atoms with Crippen molar-refractivity contribution in [1.82, 2.24) is 0 Å². The van der Waals surface area contributed by atoms with Crippen LogP contribution in [0.2, 0.25) is 0 Å². The Kier molecular flexibility index (Phi) is 7.39. The highest BCUT2D eigenvalue weighted by atomic mass is 16.5. The van der Waals surface area contributed by atoms with Gasteiger partial charge in [0.05, 0.1) is 48.7 Å². The smallest absolute Gasteiger partial charge is 0.109 e. The van der Waals surface area contributed by atoms with Gasteiger partial charge < -0.3 is 63.7 Å². The van der Waals surface area contributed by atoms with Crippen LogP contribution in [-0.2, 0) is 9.47 Å². The molecule has 0 aromatic carbocycles. The fourth-order valence-corrected chi connectivity index (χ4v) is 5.28. The number of hydrogen-bond acceptors (Lipinski definition) is 12. The molecule has 0 aromatic heterocycles. The molecule has 15 N–H and O–H groups in total. The van der Waals surface area contributed by atoms with Crippen molar-refractivity contribution in [2.24, 2.45) is 40.5 Å². The van der Waals surface area contributed by atoms with Crippen molar-refractivity contribution in [1.29, 1.82) is 0 Å². The lowest BCUT2D eigenvalue weighted by atomic mass is 9.63.